The molecule has 1 aliphatic carbocycles. The second-order valence-corrected chi connectivity index (χ2v) is 4.62. The molecule has 0 radical (unpaired) electrons. The molecule has 0 aromatic heterocycles. The molecule has 2 nitrogen and oxygen atoms in total. The monoisotopic (exact) mass is 183 g/mol. The lowest BCUT2D eigenvalue weighted by atomic mass is 9.81. The summed E-state index contributed by atoms with van der Waals surface area (Å²) in [7, 11) is 0. The molecule has 1 atom stereocenters. The van der Waals surface area contributed by atoms with Crippen LogP contribution in [0.15, 0.2) is 0 Å². The minimum absolute atomic E-state index is 0.0353. The number of nitrogens with zero attached hydrogens (tertiary/aromatic N) is 1. The Morgan fingerprint density at radius 3 is 2.31 bits per heavy atom. The van der Waals surface area contributed by atoms with E-state index in [1.54, 1.807) is 0 Å². The van der Waals surface area contributed by atoms with Crippen LogP contribution >= 0.6 is 0 Å². The molecule has 1 aliphatic heterocycles. The molecule has 1 saturated carbocycles. The molecular formula is C11H21NO. The van der Waals surface area contributed by atoms with E-state index < -0.39 is 0 Å². The summed E-state index contributed by atoms with van der Waals surface area (Å²) < 4.78 is 0. The van der Waals surface area contributed by atoms with Gasteiger partial charge < -0.3 is 10.0 Å². The highest BCUT2D eigenvalue weighted by Gasteiger charge is 2.27. The van der Waals surface area contributed by atoms with Crippen LogP contribution in [0.4, 0.5) is 0 Å². The summed E-state index contributed by atoms with van der Waals surface area (Å²) >= 11 is 0. The van der Waals surface area contributed by atoms with Gasteiger partial charge in [0.05, 0.1) is 6.10 Å². The van der Waals surface area contributed by atoms with Crippen molar-refractivity contribution in [3.05, 3.63) is 0 Å². The predicted molar refractivity (Wildman–Crippen MR) is 53.6 cm³/mol. The molecule has 2 heteroatoms. The third kappa shape index (κ3) is 2.44. The smallest absolute Gasteiger partial charge is 0.0695 e. The van der Waals surface area contributed by atoms with E-state index in [1.165, 1.54) is 51.6 Å². The van der Waals surface area contributed by atoms with E-state index in [-0.39, 0.29) is 6.10 Å². The van der Waals surface area contributed by atoms with Crippen molar-refractivity contribution in [1.29, 1.82) is 0 Å². The number of β-amino-alcohol motifs (C(OH)–C–C–N with tert-alkyl or cyclic N) is 1. The normalized spacial score (nSPS) is 28.4. The van der Waals surface area contributed by atoms with Crippen molar-refractivity contribution in [2.45, 2.75) is 44.6 Å². The van der Waals surface area contributed by atoms with Crippen LogP contribution in [0, 0.1) is 5.92 Å². The molecule has 1 heterocycles. The summed E-state index contributed by atoms with van der Waals surface area (Å²) in [5.74, 6) is 0.627. The highest BCUT2D eigenvalue weighted by Crippen LogP contribution is 2.30. The maximum atomic E-state index is 9.88. The van der Waals surface area contributed by atoms with Gasteiger partial charge in [-0.05, 0) is 44.7 Å². The van der Waals surface area contributed by atoms with Gasteiger partial charge in [-0.1, -0.05) is 12.8 Å². The van der Waals surface area contributed by atoms with Gasteiger partial charge >= 0.3 is 0 Å². The lowest BCUT2D eigenvalue weighted by Gasteiger charge is -2.35. The van der Waals surface area contributed by atoms with E-state index in [1.807, 2.05) is 0 Å². The first kappa shape index (κ1) is 9.47. The van der Waals surface area contributed by atoms with Gasteiger partial charge in [0, 0.05) is 6.54 Å². The molecular weight excluding hydrogens is 162 g/mol. The highest BCUT2D eigenvalue weighted by atomic mass is 16.3. The fourth-order valence-corrected chi connectivity index (χ4v) is 2.38. The van der Waals surface area contributed by atoms with Crippen molar-refractivity contribution in [2.24, 2.45) is 5.92 Å². The van der Waals surface area contributed by atoms with Gasteiger partial charge in [0.1, 0.15) is 0 Å². The maximum absolute atomic E-state index is 9.88. The second-order valence-electron chi connectivity index (χ2n) is 4.62. The van der Waals surface area contributed by atoms with Crippen molar-refractivity contribution in [3.8, 4) is 0 Å². The standard InChI is InChI=1S/C11H21NO/c13-11(10-5-4-6-10)9-12-7-2-1-3-8-12/h10-11,13H,1-9H2. The summed E-state index contributed by atoms with van der Waals surface area (Å²) in [6.45, 7) is 3.36. The molecule has 0 bridgehead atoms. The van der Waals surface area contributed by atoms with Crippen molar-refractivity contribution in [1.82, 2.24) is 4.90 Å². The Kier molecular flexibility index (Phi) is 3.23. The van der Waals surface area contributed by atoms with Crippen molar-refractivity contribution in [2.75, 3.05) is 19.6 Å². The van der Waals surface area contributed by atoms with Gasteiger partial charge in [-0.3, -0.25) is 0 Å². The van der Waals surface area contributed by atoms with Crippen LogP contribution in [0.25, 0.3) is 0 Å². The summed E-state index contributed by atoms with van der Waals surface area (Å²) in [6, 6.07) is 0. The van der Waals surface area contributed by atoms with Crippen LogP contribution in [-0.4, -0.2) is 35.7 Å². The summed E-state index contributed by atoms with van der Waals surface area (Å²) in [4.78, 5) is 2.44. The number of hydrogen-bond donors (Lipinski definition) is 1. The molecule has 2 aliphatic rings. The molecule has 13 heavy (non-hydrogen) atoms. The Morgan fingerprint density at radius 1 is 1.08 bits per heavy atom. The van der Waals surface area contributed by atoms with Crippen LogP contribution in [0.5, 0.6) is 0 Å². The van der Waals surface area contributed by atoms with Gasteiger partial charge in [0.15, 0.2) is 0 Å². The summed E-state index contributed by atoms with van der Waals surface area (Å²) in [5, 5.41) is 9.88. The number of aliphatic hydroxyl groups is 1. The molecule has 1 N–H and O–H groups in total. The Balaban J connectivity index is 1.69. The van der Waals surface area contributed by atoms with E-state index in [9.17, 15) is 5.11 Å². The van der Waals surface area contributed by atoms with Crippen molar-refractivity contribution >= 4 is 0 Å². The van der Waals surface area contributed by atoms with Gasteiger partial charge in [-0.25, -0.2) is 0 Å². The first-order valence-corrected chi connectivity index (χ1v) is 5.76. The first-order valence-electron chi connectivity index (χ1n) is 5.76. The first-order chi connectivity index (χ1) is 6.36. The van der Waals surface area contributed by atoms with Crippen LogP contribution < -0.4 is 0 Å². The molecule has 76 valence electrons. The molecule has 1 saturated heterocycles. The van der Waals surface area contributed by atoms with Crippen molar-refractivity contribution < 1.29 is 5.11 Å². The summed E-state index contributed by atoms with van der Waals surface area (Å²) in [6.07, 6.45) is 7.86. The topological polar surface area (TPSA) is 23.5 Å². The van der Waals surface area contributed by atoms with Crippen molar-refractivity contribution in [3.63, 3.8) is 0 Å². The average molecular weight is 183 g/mol. The summed E-state index contributed by atoms with van der Waals surface area (Å²) in [5.41, 5.74) is 0. The second kappa shape index (κ2) is 4.43. The molecule has 0 spiro atoms. The van der Waals surface area contributed by atoms with Crippen LogP contribution in [-0.2, 0) is 0 Å². The quantitative estimate of drug-likeness (QED) is 0.719. The van der Waals surface area contributed by atoms with E-state index in [0.29, 0.717) is 5.92 Å². The number of aliphatic hydroxyl groups excluding tert-OH is 1. The number of hydrogen-bond acceptors (Lipinski definition) is 2. The SMILES string of the molecule is OC(CN1CCCCC1)C1CCC1. The predicted octanol–water partition coefficient (Wildman–Crippen LogP) is 1.63. The fourth-order valence-electron chi connectivity index (χ4n) is 2.38. The zero-order valence-electron chi connectivity index (χ0n) is 8.41. The molecule has 1 unspecified atom stereocenters. The third-order valence-electron chi connectivity index (χ3n) is 3.59. The number of piperidine rings is 1. The third-order valence-corrected chi connectivity index (χ3v) is 3.59. The molecule has 0 amide bonds. The zero-order chi connectivity index (χ0) is 9.10. The van der Waals surface area contributed by atoms with Gasteiger partial charge in [-0.2, -0.15) is 0 Å². The van der Waals surface area contributed by atoms with E-state index >= 15 is 0 Å². The lowest BCUT2D eigenvalue weighted by Crippen LogP contribution is -2.41. The molecule has 0 aromatic rings. The Labute approximate surface area is 80.9 Å². The largest absolute Gasteiger partial charge is 0.392 e. The van der Waals surface area contributed by atoms with Gasteiger partial charge in [0.2, 0.25) is 0 Å². The zero-order valence-corrected chi connectivity index (χ0v) is 8.41. The fraction of sp³-hybridized carbons (Fsp3) is 1.00. The average Bonchev–Trinajstić information content (AvgIpc) is 2.02. The van der Waals surface area contributed by atoms with E-state index in [2.05, 4.69) is 4.90 Å². The maximum Gasteiger partial charge on any atom is 0.0695 e. The van der Waals surface area contributed by atoms with Crippen LogP contribution in [0.1, 0.15) is 38.5 Å². The minimum atomic E-state index is -0.0353. The van der Waals surface area contributed by atoms with E-state index in [0.717, 1.165) is 6.54 Å². The minimum Gasteiger partial charge on any atom is -0.392 e. The number of likely N-dealkylation sites (tertiary alicyclic amines) is 1. The molecule has 2 fully saturated rings. The lowest BCUT2D eigenvalue weighted by molar-refractivity contribution is 0.0256. The Bertz CT molecular complexity index is 150. The van der Waals surface area contributed by atoms with Crippen LogP contribution in [0.3, 0.4) is 0 Å². The van der Waals surface area contributed by atoms with Gasteiger partial charge in [-0.15, -0.1) is 0 Å². The van der Waals surface area contributed by atoms with Crippen LogP contribution in [0.2, 0.25) is 0 Å². The highest BCUT2D eigenvalue weighted by molar-refractivity contribution is 4.80. The molecule has 0 aromatic carbocycles. The molecule has 2 rings (SSSR count). The Hall–Kier alpha value is -0.0800. The van der Waals surface area contributed by atoms with E-state index in [4.69, 9.17) is 0 Å². The number of rotatable bonds is 3. The Morgan fingerprint density at radius 2 is 1.77 bits per heavy atom. The van der Waals surface area contributed by atoms with Gasteiger partial charge in [0.25, 0.3) is 0 Å².